The lowest BCUT2D eigenvalue weighted by atomic mass is 10.0. The van der Waals surface area contributed by atoms with Gasteiger partial charge in [-0.2, -0.15) is 13.2 Å². The molecule has 1 aliphatic heterocycles. The Morgan fingerprint density at radius 3 is 2.74 bits per heavy atom. The Labute approximate surface area is 154 Å². The SMILES string of the molecule is CC1C[C@]1(OC(=O)NCC1COCCN1C)c1ccc(F)c(C(F)(F)F)c1. The van der Waals surface area contributed by atoms with Gasteiger partial charge in [0.05, 0.1) is 24.8 Å². The van der Waals surface area contributed by atoms with Crippen molar-refractivity contribution in [2.45, 2.75) is 31.2 Å². The number of hydrogen-bond donors (Lipinski definition) is 1. The van der Waals surface area contributed by atoms with Gasteiger partial charge in [0.25, 0.3) is 0 Å². The van der Waals surface area contributed by atoms with Gasteiger partial charge >= 0.3 is 12.3 Å². The first-order valence-electron chi connectivity index (χ1n) is 8.75. The van der Waals surface area contributed by atoms with Crippen LogP contribution in [0.5, 0.6) is 0 Å². The maximum Gasteiger partial charge on any atom is 0.419 e. The van der Waals surface area contributed by atoms with Crippen molar-refractivity contribution >= 4 is 6.09 Å². The van der Waals surface area contributed by atoms with Gasteiger partial charge in [-0.15, -0.1) is 0 Å². The Bertz CT molecular complexity index is 712. The zero-order chi connectivity index (χ0) is 19.8. The highest BCUT2D eigenvalue weighted by Gasteiger charge is 2.57. The zero-order valence-corrected chi connectivity index (χ0v) is 15.1. The van der Waals surface area contributed by atoms with E-state index in [-0.39, 0.29) is 17.5 Å². The van der Waals surface area contributed by atoms with Crippen LogP contribution in [0, 0.1) is 11.7 Å². The smallest absolute Gasteiger partial charge is 0.419 e. The van der Waals surface area contributed by atoms with Gasteiger partial charge in [-0.25, -0.2) is 9.18 Å². The molecule has 2 unspecified atom stereocenters. The molecule has 1 N–H and O–H groups in total. The van der Waals surface area contributed by atoms with Crippen molar-refractivity contribution in [3.63, 3.8) is 0 Å². The molecule has 0 aromatic heterocycles. The lowest BCUT2D eigenvalue weighted by molar-refractivity contribution is -0.140. The van der Waals surface area contributed by atoms with Gasteiger partial charge in [0.1, 0.15) is 11.4 Å². The Kier molecular flexibility index (Phi) is 5.36. The first kappa shape index (κ1) is 19.9. The Balaban J connectivity index is 1.68. The van der Waals surface area contributed by atoms with Gasteiger partial charge in [-0.1, -0.05) is 13.0 Å². The van der Waals surface area contributed by atoms with Crippen LogP contribution in [0.15, 0.2) is 18.2 Å². The van der Waals surface area contributed by atoms with E-state index in [1.54, 1.807) is 6.92 Å². The van der Waals surface area contributed by atoms with Crippen LogP contribution in [0.25, 0.3) is 0 Å². The minimum Gasteiger partial charge on any atom is -0.438 e. The number of alkyl halides is 3. The van der Waals surface area contributed by atoms with Gasteiger partial charge in [-0.05, 0) is 31.2 Å². The molecule has 2 fully saturated rings. The molecule has 5 nitrogen and oxygen atoms in total. The third-order valence-corrected chi connectivity index (χ3v) is 5.28. The minimum atomic E-state index is -4.81. The molecule has 3 atom stereocenters. The Morgan fingerprint density at radius 1 is 1.44 bits per heavy atom. The maximum atomic E-state index is 13.5. The van der Waals surface area contributed by atoms with Crippen LogP contribution >= 0.6 is 0 Å². The topological polar surface area (TPSA) is 50.8 Å². The summed E-state index contributed by atoms with van der Waals surface area (Å²) in [6, 6.07) is 2.74. The molecule has 1 aromatic carbocycles. The van der Waals surface area contributed by atoms with Crippen LogP contribution < -0.4 is 5.32 Å². The highest BCUT2D eigenvalue weighted by Crippen LogP contribution is 2.55. The quantitative estimate of drug-likeness (QED) is 0.803. The molecule has 1 heterocycles. The molecule has 0 bridgehead atoms. The normalized spacial score (nSPS) is 28.7. The fraction of sp³-hybridized carbons (Fsp3) is 0.611. The lowest BCUT2D eigenvalue weighted by Gasteiger charge is -2.32. The second-order valence-corrected chi connectivity index (χ2v) is 7.17. The van der Waals surface area contributed by atoms with E-state index in [1.165, 1.54) is 6.07 Å². The molecule has 2 aliphatic rings. The summed E-state index contributed by atoms with van der Waals surface area (Å²) in [5.74, 6) is -1.50. The molecule has 9 heteroatoms. The first-order chi connectivity index (χ1) is 12.6. The van der Waals surface area contributed by atoms with Crippen molar-refractivity contribution < 1.29 is 31.8 Å². The molecule has 0 radical (unpaired) electrons. The van der Waals surface area contributed by atoms with Gasteiger partial charge < -0.3 is 14.8 Å². The summed E-state index contributed by atoms with van der Waals surface area (Å²) in [6.45, 7) is 3.93. The summed E-state index contributed by atoms with van der Waals surface area (Å²) in [4.78, 5) is 14.3. The Morgan fingerprint density at radius 2 is 2.15 bits per heavy atom. The van der Waals surface area contributed by atoms with Crippen molar-refractivity contribution in [2.75, 3.05) is 33.4 Å². The molecule has 0 spiro atoms. The molecule has 1 aromatic rings. The van der Waals surface area contributed by atoms with E-state index in [9.17, 15) is 22.4 Å². The fourth-order valence-electron chi connectivity index (χ4n) is 3.36. The number of carbonyl (C=O) groups is 1. The number of ether oxygens (including phenoxy) is 2. The van der Waals surface area contributed by atoms with Crippen LogP contribution in [0.1, 0.15) is 24.5 Å². The number of likely N-dealkylation sites (N-methyl/N-ethyl adjacent to an activating group) is 1. The van der Waals surface area contributed by atoms with E-state index in [0.29, 0.717) is 26.2 Å². The lowest BCUT2D eigenvalue weighted by Crippen LogP contribution is -2.49. The number of amides is 1. The molecule has 1 saturated heterocycles. The number of morpholine rings is 1. The monoisotopic (exact) mass is 390 g/mol. The third kappa shape index (κ3) is 4.19. The average Bonchev–Trinajstić information content (AvgIpc) is 3.23. The summed E-state index contributed by atoms with van der Waals surface area (Å²) < 4.78 is 63.3. The standard InChI is InChI=1S/C18H22F4N2O3/c1-11-8-17(11,12-3-4-15(19)14(7-12)18(20,21)22)27-16(25)23-9-13-10-26-6-5-24(13)2/h3-4,7,11,13H,5-6,8-10H2,1-2H3,(H,23,25)/t11?,13?,17-/m1/s1. The van der Waals surface area contributed by atoms with E-state index in [0.717, 1.165) is 18.7 Å². The summed E-state index contributed by atoms with van der Waals surface area (Å²) in [6.07, 6.45) is -5.14. The molecule has 27 heavy (non-hydrogen) atoms. The van der Waals surface area contributed by atoms with Gasteiger partial charge in [0.2, 0.25) is 0 Å². The van der Waals surface area contributed by atoms with Crippen LogP contribution in [-0.4, -0.2) is 50.4 Å². The zero-order valence-electron chi connectivity index (χ0n) is 15.1. The van der Waals surface area contributed by atoms with Gasteiger partial charge in [-0.3, -0.25) is 4.90 Å². The third-order valence-electron chi connectivity index (χ3n) is 5.28. The number of hydrogen-bond acceptors (Lipinski definition) is 4. The summed E-state index contributed by atoms with van der Waals surface area (Å²) >= 11 is 0. The number of nitrogens with zero attached hydrogens (tertiary/aromatic N) is 1. The highest BCUT2D eigenvalue weighted by molar-refractivity contribution is 5.68. The summed E-state index contributed by atoms with van der Waals surface area (Å²) in [7, 11) is 1.92. The van der Waals surface area contributed by atoms with E-state index < -0.39 is 29.3 Å². The summed E-state index contributed by atoms with van der Waals surface area (Å²) in [5, 5.41) is 2.65. The van der Waals surface area contributed by atoms with Crippen LogP contribution in [0.2, 0.25) is 0 Å². The number of nitrogens with one attached hydrogen (secondary N) is 1. The van der Waals surface area contributed by atoms with Crippen molar-refractivity contribution in [2.24, 2.45) is 5.92 Å². The first-order valence-corrected chi connectivity index (χ1v) is 8.75. The number of halogens is 4. The fourth-order valence-corrected chi connectivity index (χ4v) is 3.36. The average molecular weight is 390 g/mol. The second kappa shape index (κ2) is 7.27. The number of alkyl carbamates (subject to hydrolysis) is 1. The molecule has 1 aliphatic carbocycles. The van der Waals surface area contributed by atoms with Crippen molar-refractivity contribution in [1.29, 1.82) is 0 Å². The van der Waals surface area contributed by atoms with Gasteiger partial charge in [0.15, 0.2) is 0 Å². The molecule has 1 amide bonds. The van der Waals surface area contributed by atoms with Gasteiger partial charge in [0, 0.05) is 19.0 Å². The van der Waals surface area contributed by atoms with Crippen LogP contribution in [0.4, 0.5) is 22.4 Å². The van der Waals surface area contributed by atoms with E-state index in [2.05, 4.69) is 10.2 Å². The number of benzene rings is 1. The van der Waals surface area contributed by atoms with Crippen LogP contribution in [0.3, 0.4) is 0 Å². The van der Waals surface area contributed by atoms with E-state index in [4.69, 9.17) is 9.47 Å². The van der Waals surface area contributed by atoms with Crippen molar-refractivity contribution in [3.05, 3.63) is 35.1 Å². The summed E-state index contributed by atoms with van der Waals surface area (Å²) in [5.41, 5.74) is -2.37. The number of rotatable bonds is 4. The molecule has 3 rings (SSSR count). The molecule has 150 valence electrons. The molecular weight excluding hydrogens is 368 g/mol. The second-order valence-electron chi connectivity index (χ2n) is 7.17. The number of carbonyl (C=O) groups excluding carboxylic acids is 1. The largest absolute Gasteiger partial charge is 0.438 e. The minimum absolute atomic E-state index is 0.00142. The van der Waals surface area contributed by atoms with Crippen LogP contribution in [-0.2, 0) is 21.3 Å². The Hall–Kier alpha value is -1.87. The predicted octanol–water partition coefficient (Wildman–Crippen LogP) is 3.14. The predicted molar refractivity (Wildman–Crippen MR) is 88.6 cm³/mol. The molecule has 1 saturated carbocycles. The van der Waals surface area contributed by atoms with Crippen molar-refractivity contribution in [3.8, 4) is 0 Å². The van der Waals surface area contributed by atoms with Crippen molar-refractivity contribution in [1.82, 2.24) is 10.2 Å². The highest BCUT2D eigenvalue weighted by atomic mass is 19.4. The van der Waals surface area contributed by atoms with E-state index >= 15 is 0 Å². The molecular formula is C18H22F4N2O3. The maximum absolute atomic E-state index is 13.5. The van der Waals surface area contributed by atoms with E-state index in [1.807, 2.05) is 7.05 Å².